The molecule has 15 nitrogen and oxygen atoms in total. The van der Waals surface area contributed by atoms with E-state index in [0.29, 0.717) is 67.3 Å². The molecule has 4 aromatic carbocycles. The highest BCUT2D eigenvalue weighted by Crippen LogP contribution is 2.43. The lowest BCUT2D eigenvalue weighted by molar-refractivity contribution is 0.299. The molecular weight excluding hydrogens is 1040 g/mol. The van der Waals surface area contributed by atoms with Crippen molar-refractivity contribution >= 4 is 72.2 Å². The first-order valence-electron chi connectivity index (χ1n) is 22.2. The van der Waals surface area contributed by atoms with Crippen LogP contribution >= 0.6 is 46.4 Å². The minimum absolute atomic E-state index is 0. The minimum atomic E-state index is -3.49. The fourth-order valence-corrected chi connectivity index (χ4v) is 10.2. The topological polar surface area (TPSA) is 216 Å². The van der Waals surface area contributed by atoms with Crippen LogP contribution in [-0.2, 0) is 45.9 Å². The third kappa shape index (κ3) is 14.4. The van der Waals surface area contributed by atoms with Crippen molar-refractivity contribution in [3.05, 3.63) is 151 Å². The normalized spacial score (nSPS) is 14.9. The Balaban J connectivity index is 0.000000232. The Morgan fingerprint density at radius 2 is 1.12 bits per heavy atom. The Bertz CT molecular complexity index is 3230. The Hall–Kier alpha value is -5.92. The van der Waals surface area contributed by atoms with Crippen molar-refractivity contribution in [1.82, 2.24) is 19.9 Å². The molecule has 2 aliphatic rings. The van der Waals surface area contributed by atoms with Crippen LogP contribution in [0.1, 0.15) is 101 Å². The smallest absolute Gasteiger partial charge is 0.247 e. The zero-order valence-corrected chi connectivity index (χ0v) is 43.2. The summed E-state index contributed by atoms with van der Waals surface area (Å²) >= 11 is 24.4. The van der Waals surface area contributed by atoms with Crippen LogP contribution in [-0.4, -0.2) is 74.3 Å². The number of ether oxygens (including phenoxy) is 4. The van der Waals surface area contributed by atoms with Gasteiger partial charge >= 0.3 is 0 Å². The lowest BCUT2D eigenvalue weighted by atomic mass is 9.78. The van der Waals surface area contributed by atoms with E-state index in [0.717, 1.165) is 67.7 Å². The van der Waals surface area contributed by atoms with Gasteiger partial charge in [-0.15, -0.1) is 23.2 Å². The van der Waals surface area contributed by atoms with Crippen molar-refractivity contribution in [2.45, 2.75) is 76.2 Å². The van der Waals surface area contributed by atoms with Crippen molar-refractivity contribution < 1.29 is 35.8 Å². The molecule has 378 valence electrons. The fourth-order valence-electron chi connectivity index (χ4n) is 8.47. The Morgan fingerprint density at radius 1 is 0.653 bits per heavy atom. The number of aromatic nitrogens is 4. The summed E-state index contributed by atoms with van der Waals surface area (Å²) in [7, 11) is -6.96. The number of benzene rings is 4. The van der Waals surface area contributed by atoms with Gasteiger partial charge in [0.25, 0.3) is 0 Å². The first kappa shape index (κ1) is 55.4. The van der Waals surface area contributed by atoms with E-state index >= 15 is 0 Å². The van der Waals surface area contributed by atoms with Gasteiger partial charge in [-0.2, -0.15) is 10.5 Å². The predicted octanol–water partition coefficient (Wildman–Crippen LogP) is 10.7. The molecule has 0 radical (unpaired) electrons. The zero-order chi connectivity index (χ0) is 50.7. The van der Waals surface area contributed by atoms with Crippen LogP contribution in [0.15, 0.2) is 90.3 Å². The number of sulfone groups is 1. The van der Waals surface area contributed by atoms with Crippen LogP contribution in [0.25, 0.3) is 0 Å². The number of sulfonamides is 1. The Morgan fingerprint density at radius 3 is 1.57 bits per heavy atom. The van der Waals surface area contributed by atoms with Gasteiger partial charge in [0.05, 0.1) is 50.6 Å². The van der Waals surface area contributed by atoms with Gasteiger partial charge in [0.15, 0.2) is 11.5 Å². The number of rotatable bonds is 17. The summed E-state index contributed by atoms with van der Waals surface area (Å²) in [6.45, 7) is 0.829. The SMILES string of the molecule is C.CS(=O)(=O)Nc1nccc(COc2ccc3c(c2)CCCC3c2cc(Cl)c(OCCCl)c(C#N)c2)n1.CS(=O)(=O)c1nccc(COc2ccc3c(c2)CCCC3c2cc(Cl)c(OCCCl)c(C#N)c2)n1. The van der Waals surface area contributed by atoms with Crippen LogP contribution in [0.4, 0.5) is 5.95 Å². The molecule has 0 saturated heterocycles. The number of nitrogens with one attached hydrogen (secondary N) is 1. The molecule has 2 heterocycles. The number of alkyl halides is 2. The second-order valence-electron chi connectivity index (χ2n) is 16.6. The average Bonchev–Trinajstić information content (AvgIpc) is 3.35. The van der Waals surface area contributed by atoms with Crippen molar-refractivity contribution in [2.24, 2.45) is 0 Å². The first-order chi connectivity index (χ1) is 34.1. The van der Waals surface area contributed by atoms with Crippen LogP contribution in [0, 0.1) is 22.7 Å². The maximum atomic E-state index is 11.7. The number of fused-ring (bicyclic) bond motifs is 2. The molecule has 0 amide bonds. The molecule has 2 aliphatic carbocycles. The summed E-state index contributed by atoms with van der Waals surface area (Å²) in [5.41, 5.74) is 8.41. The summed E-state index contributed by atoms with van der Waals surface area (Å²) in [4.78, 5) is 16.0. The first-order valence-corrected chi connectivity index (χ1v) is 27.9. The molecule has 2 aromatic heterocycles. The molecule has 0 spiro atoms. The van der Waals surface area contributed by atoms with E-state index in [2.05, 4.69) is 36.8 Å². The van der Waals surface area contributed by atoms with Gasteiger partial charge in [-0.1, -0.05) is 42.8 Å². The van der Waals surface area contributed by atoms with Gasteiger partial charge in [-0.3, -0.25) is 4.72 Å². The van der Waals surface area contributed by atoms with Gasteiger partial charge in [-0.05, 0) is 133 Å². The number of anilines is 1. The summed E-state index contributed by atoms with van der Waals surface area (Å²) in [6.07, 6.45) is 10.7. The summed E-state index contributed by atoms with van der Waals surface area (Å²) in [5.74, 6) is 2.89. The highest BCUT2D eigenvalue weighted by atomic mass is 35.5. The van der Waals surface area contributed by atoms with E-state index in [1.807, 2.05) is 60.7 Å². The van der Waals surface area contributed by atoms with Crippen LogP contribution in [0.3, 0.4) is 0 Å². The van der Waals surface area contributed by atoms with E-state index < -0.39 is 19.9 Å². The van der Waals surface area contributed by atoms with Crippen molar-refractivity contribution in [1.29, 1.82) is 10.5 Å². The molecule has 21 heteroatoms. The highest BCUT2D eigenvalue weighted by Gasteiger charge is 2.27. The number of nitrogens with zero attached hydrogens (tertiary/aromatic N) is 6. The number of hydrogen-bond donors (Lipinski definition) is 1. The third-order valence-electron chi connectivity index (χ3n) is 11.5. The maximum absolute atomic E-state index is 11.7. The van der Waals surface area contributed by atoms with E-state index in [9.17, 15) is 27.4 Å². The van der Waals surface area contributed by atoms with Gasteiger partial charge in [0.2, 0.25) is 31.0 Å². The van der Waals surface area contributed by atoms with Gasteiger partial charge < -0.3 is 18.9 Å². The lowest BCUT2D eigenvalue weighted by Gasteiger charge is -2.27. The third-order valence-corrected chi connectivity index (χ3v) is 13.8. The molecule has 2 unspecified atom stereocenters. The van der Waals surface area contributed by atoms with E-state index in [4.69, 9.17) is 65.4 Å². The van der Waals surface area contributed by atoms with Crippen molar-refractivity contribution in [3.8, 4) is 35.1 Å². The molecule has 8 rings (SSSR count). The fraction of sp³-hybridized carbons (Fsp3) is 0.333. The summed E-state index contributed by atoms with van der Waals surface area (Å²) in [5, 5.41) is 19.8. The molecular formula is C51H51Cl4N7O8S2. The van der Waals surface area contributed by atoms with Crippen LogP contribution in [0.2, 0.25) is 10.0 Å². The number of halogens is 4. The van der Waals surface area contributed by atoms with E-state index in [1.165, 1.54) is 29.1 Å². The molecule has 0 fully saturated rings. The minimum Gasteiger partial charge on any atom is -0.489 e. The van der Waals surface area contributed by atoms with Crippen LogP contribution in [0.5, 0.6) is 23.0 Å². The predicted molar refractivity (Wildman–Crippen MR) is 278 cm³/mol. The van der Waals surface area contributed by atoms with Gasteiger partial charge in [0, 0.05) is 30.5 Å². The summed E-state index contributed by atoms with van der Waals surface area (Å²) < 4.78 is 71.5. The maximum Gasteiger partial charge on any atom is 0.247 e. The van der Waals surface area contributed by atoms with Crippen molar-refractivity contribution in [2.75, 3.05) is 42.2 Å². The molecule has 2 atom stereocenters. The largest absolute Gasteiger partial charge is 0.489 e. The Labute approximate surface area is 440 Å². The van der Waals surface area contributed by atoms with Gasteiger partial charge in [0.1, 0.15) is 50.1 Å². The highest BCUT2D eigenvalue weighted by molar-refractivity contribution is 7.92. The zero-order valence-electron chi connectivity index (χ0n) is 38.5. The Kier molecular flexibility index (Phi) is 19.4. The monoisotopic (exact) mass is 1090 g/mol. The van der Waals surface area contributed by atoms with Crippen molar-refractivity contribution in [3.63, 3.8) is 0 Å². The molecule has 6 aromatic rings. The van der Waals surface area contributed by atoms with Gasteiger partial charge in [-0.25, -0.2) is 36.8 Å². The molecule has 72 heavy (non-hydrogen) atoms. The molecule has 1 N–H and O–H groups in total. The quantitative estimate of drug-likeness (QED) is 0.0664. The average molecular weight is 1100 g/mol. The van der Waals surface area contributed by atoms with Crippen LogP contribution < -0.4 is 23.7 Å². The summed E-state index contributed by atoms with van der Waals surface area (Å²) in [6, 6.07) is 27.0. The number of nitriles is 2. The van der Waals surface area contributed by atoms with E-state index in [1.54, 1.807) is 12.1 Å². The second kappa shape index (κ2) is 25.2. The second-order valence-corrected chi connectivity index (χ2v) is 21.8. The number of hydrogen-bond acceptors (Lipinski definition) is 14. The number of aryl methyl sites for hydroxylation is 2. The van der Waals surface area contributed by atoms with E-state index in [-0.39, 0.29) is 56.8 Å². The molecule has 0 aliphatic heterocycles. The standard InChI is InChI=1S/C25H24Cl2N4O4S.C25H23Cl2N3O4S.CH4/c1-36(32,33)31-25-29-9-7-19(30-25)15-35-20-5-6-22-16(12-20)3-2-4-21(22)17-11-18(14-28)24(23(27)13-17)34-10-8-26;1-35(31,32)25-29-9-7-19(30-25)15-34-20-5-6-22-16(12-20)3-2-4-21(22)17-11-18(14-28)24(23(27)13-17)33-10-8-26;/h5-7,9,11-13,21H,2-4,8,10,15H2,1H3,(H,29,30,31);5-7,9,11-13,21H,2-4,8,10,15H2,1H3;1H4. The molecule has 0 bridgehead atoms. The molecule has 0 saturated carbocycles. The lowest BCUT2D eigenvalue weighted by Crippen LogP contribution is -2.13.